The van der Waals surface area contributed by atoms with Gasteiger partial charge in [-0.2, -0.15) is 0 Å². The fourth-order valence-corrected chi connectivity index (χ4v) is 2.88. The summed E-state index contributed by atoms with van der Waals surface area (Å²) in [6.07, 6.45) is 3.18. The first kappa shape index (κ1) is 9.70. The minimum Gasteiger partial charge on any atom is -0.446 e. The van der Waals surface area contributed by atoms with E-state index >= 15 is 0 Å². The van der Waals surface area contributed by atoms with Gasteiger partial charge in [-0.15, -0.1) is 0 Å². The average Bonchev–Trinajstić information content (AvgIpc) is 2.77. The predicted octanol–water partition coefficient (Wildman–Crippen LogP) is 2.64. The van der Waals surface area contributed by atoms with Crippen molar-refractivity contribution in [3.8, 4) is 0 Å². The van der Waals surface area contributed by atoms with Crippen molar-refractivity contribution in [1.82, 2.24) is 5.32 Å². The van der Waals surface area contributed by atoms with E-state index in [-0.39, 0.29) is 18.2 Å². The van der Waals surface area contributed by atoms with Crippen molar-refractivity contribution in [3.05, 3.63) is 35.9 Å². The highest BCUT2D eigenvalue weighted by Gasteiger charge is 2.41. The zero-order chi connectivity index (χ0) is 11.0. The predicted molar refractivity (Wildman–Crippen MR) is 59.9 cm³/mol. The smallest absolute Gasteiger partial charge is 0.407 e. The maximum absolute atomic E-state index is 11.5. The van der Waals surface area contributed by atoms with Crippen molar-refractivity contribution in [2.75, 3.05) is 0 Å². The fraction of sp³-hybridized carbons (Fsp3) is 0.462. The van der Waals surface area contributed by atoms with E-state index in [0.29, 0.717) is 5.92 Å². The molecule has 1 saturated heterocycles. The molecule has 1 amide bonds. The van der Waals surface area contributed by atoms with Gasteiger partial charge in [0.15, 0.2) is 0 Å². The summed E-state index contributed by atoms with van der Waals surface area (Å²) in [5.41, 5.74) is 1.19. The molecule has 84 valence electrons. The van der Waals surface area contributed by atoms with Gasteiger partial charge in [0.1, 0.15) is 6.10 Å². The first-order valence-electron chi connectivity index (χ1n) is 5.87. The summed E-state index contributed by atoms with van der Waals surface area (Å²) in [7, 11) is 0. The van der Waals surface area contributed by atoms with Crippen LogP contribution in [0.15, 0.2) is 30.3 Å². The molecule has 1 aromatic rings. The van der Waals surface area contributed by atoms with E-state index in [9.17, 15) is 4.79 Å². The third-order valence-electron chi connectivity index (χ3n) is 3.62. The molecule has 3 atom stereocenters. The van der Waals surface area contributed by atoms with Crippen LogP contribution in [0.5, 0.6) is 0 Å². The van der Waals surface area contributed by atoms with Gasteiger partial charge < -0.3 is 10.1 Å². The molecule has 1 aliphatic carbocycles. The first-order chi connectivity index (χ1) is 7.84. The Kier molecular flexibility index (Phi) is 2.31. The van der Waals surface area contributed by atoms with E-state index in [1.54, 1.807) is 0 Å². The Hall–Kier alpha value is -1.51. The minimum absolute atomic E-state index is 0.124. The molecule has 0 bridgehead atoms. The highest BCUT2D eigenvalue weighted by molar-refractivity contribution is 5.69. The molecule has 3 nitrogen and oxygen atoms in total. The van der Waals surface area contributed by atoms with Crippen LogP contribution in [0.2, 0.25) is 0 Å². The number of hydrogen-bond acceptors (Lipinski definition) is 2. The second kappa shape index (κ2) is 3.81. The van der Waals surface area contributed by atoms with Gasteiger partial charge in [-0.1, -0.05) is 30.3 Å². The lowest BCUT2D eigenvalue weighted by atomic mass is 9.89. The standard InChI is InChI=1S/C13H15NO2/c15-13-14-12(9-5-2-1-3-6-9)10-7-4-8-11(10)16-13/h1-3,5-6,10-12H,4,7-8H2,(H,14,15)/t10-,11+,12-/m1/s1. The van der Waals surface area contributed by atoms with Crippen molar-refractivity contribution in [3.63, 3.8) is 0 Å². The zero-order valence-electron chi connectivity index (χ0n) is 9.06. The number of hydrogen-bond donors (Lipinski definition) is 1. The number of rotatable bonds is 1. The topological polar surface area (TPSA) is 38.3 Å². The van der Waals surface area contributed by atoms with Crippen LogP contribution in [-0.4, -0.2) is 12.2 Å². The molecule has 0 unspecified atom stereocenters. The van der Waals surface area contributed by atoms with Crippen LogP contribution in [0.3, 0.4) is 0 Å². The molecule has 1 saturated carbocycles. The normalized spacial score (nSPS) is 32.8. The summed E-state index contributed by atoms with van der Waals surface area (Å²) in [5.74, 6) is 0.445. The van der Waals surface area contributed by atoms with Gasteiger partial charge in [-0.3, -0.25) is 0 Å². The van der Waals surface area contributed by atoms with Gasteiger partial charge in [0.25, 0.3) is 0 Å². The number of alkyl carbamates (subject to hydrolysis) is 1. The zero-order valence-corrected chi connectivity index (χ0v) is 9.06. The van der Waals surface area contributed by atoms with Crippen molar-refractivity contribution in [1.29, 1.82) is 0 Å². The van der Waals surface area contributed by atoms with Crippen LogP contribution in [-0.2, 0) is 4.74 Å². The highest BCUT2D eigenvalue weighted by atomic mass is 16.6. The van der Waals surface area contributed by atoms with Crippen LogP contribution in [0.25, 0.3) is 0 Å². The summed E-state index contributed by atoms with van der Waals surface area (Å²) < 4.78 is 5.31. The van der Waals surface area contributed by atoms with Crippen molar-refractivity contribution in [2.24, 2.45) is 5.92 Å². The molecule has 2 aliphatic rings. The molecule has 16 heavy (non-hydrogen) atoms. The molecule has 1 aromatic carbocycles. The summed E-state index contributed by atoms with van der Waals surface area (Å²) in [4.78, 5) is 11.5. The summed E-state index contributed by atoms with van der Waals surface area (Å²) in [6, 6.07) is 10.3. The Morgan fingerprint density at radius 1 is 1.19 bits per heavy atom. The third kappa shape index (κ3) is 1.56. The molecule has 0 radical (unpaired) electrons. The van der Waals surface area contributed by atoms with Crippen molar-refractivity contribution >= 4 is 6.09 Å². The lowest BCUT2D eigenvalue weighted by Gasteiger charge is -2.34. The second-order valence-electron chi connectivity index (χ2n) is 4.57. The first-order valence-corrected chi connectivity index (χ1v) is 5.87. The van der Waals surface area contributed by atoms with Crippen LogP contribution >= 0.6 is 0 Å². The van der Waals surface area contributed by atoms with E-state index in [1.807, 2.05) is 18.2 Å². The van der Waals surface area contributed by atoms with Gasteiger partial charge in [0.2, 0.25) is 0 Å². The Labute approximate surface area is 94.8 Å². The van der Waals surface area contributed by atoms with Gasteiger partial charge in [0.05, 0.1) is 6.04 Å². The lowest BCUT2D eigenvalue weighted by Crippen LogP contribution is -2.45. The monoisotopic (exact) mass is 217 g/mol. The van der Waals surface area contributed by atoms with Gasteiger partial charge >= 0.3 is 6.09 Å². The van der Waals surface area contributed by atoms with Crippen LogP contribution in [0.1, 0.15) is 30.9 Å². The SMILES string of the molecule is O=C1N[C@H](c2ccccc2)[C@@H]2CCC[C@@H]2O1. The highest BCUT2D eigenvalue weighted by Crippen LogP contribution is 2.40. The van der Waals surface area contributed by atoms with Crippen LogP contribution in [0.4, 0.5) is 4.79 Å². The van der Waals surface area contributed by atoms with Crippen LogP contribution < -0.4 is 5.32 Å². The van der Waals surface area contributed by atoms with E-state index in [0.717, 1.165) is 19.3 Å². The minimum atomic E-state index is -0.267. The van der Waals surface area contributed by atoms with Gasteiger partial charge in [-0.05, 0) is 24.8 Å². The maximum Gasteiger partial charge on any atom is 0.407 e. The van der Waals surface area contributed by atoms with E-state index in [1.165, 1.54) is 5.56 Å². The average molecular weight is 217 g/mol. The quantitative estimate of drug-likeness (QED) is 0.785. The molecule has 1 aliphatic heterocycles. The number of carbonyl (C=O) groups is 1. The number of fused-ring (bicyclic) bond motifs is 1. The van der Waals surface area contributed by atoms with Crippen LogP contribution in [0, 0.1) is 5.92 Å². The summed E-state index contributed by atoms with van der Waals surface area (Å²) in [6.45, 7) is 0. The van der Waals surface area contributed by atoms with Gasteiger partial charge in [0, 0.05) is 5.92 Å². The number of nitrogens with one attached hydrogen (secondary N) is 1. The Morgan fingerprint density at radius 2 is 2.00 bits per heavy atom. The molecule has 0 aromatic heterocycles. The molecule has 2 fully saturated rings. The van der Waals surface area contributed by atoms with E-state index in [2.05, 4.69) is 17.4 Å². The lowest BCUT2D eigenvalue weighted by molar-refractivity contribution is 0.0316. The number of amides is 1. The largest absolute Gasteiger partial charge is 0.446 e. The van der Waals surface area contributed by atoms with Crippen molar-refractivity contribution in [2.45, 2.75) is 31.4 Å². The Bertz CT molecular complexity index is 390. The molecule has 0 spiro atoms. The van der Waals surface area contributed by atoms with Gasteiger partial charge in [-0.25, -0.2) is 4.79 Å². The maximum atomic E-state index is 11.5. The Balaban J connectivity index is 1.90. The molecular formula is C13H15NO2. The Morgan fingerprint density at radius 3 is 2.81 bits per heavy atom. The molecule has 1 heterocycles. The molecule has 3 rings (SSSR count). The van der Waals surface area contributed by atoms with Crippen molar-refractivity contribution < 1.29 is 9.53 Å². The second-order valence-corrected chi connectivity index (χ2v) is 4.57. The third-order valence-corrected chi connectivity index (χ3v) is 3.62. The summed E-state index contributed by atoms with van der Waals surface area (Å²) >= 11 is 0. The van der Waals surface area contributed by atoms with E-state index in [4.69, 9.17) is 4.74 Å². The molecular weight excluding hydrogens is 202 g/mol. The number of ether oxygens (including phenoxy) is 1. The fourth-order valence-electron chi connectivity index (χ4n) is 2.88. The molecule has 1 N–H and O–H groups in total. The summed E-state index contributed by atoms with van der Waals surface area (Å²) in [5, 5.41) is 2.94. The van der Waals surface area contributed by atoms with E-state index < -0.39 is 0 Å². The number of benzene rings is 1. The number of carbonyl (C=O) groups excluding carboxylic acids is 1. The molecule has 3 heteroatoms.